The van der Waals surface area contributed by atoms with E-state index < -0.39 is 0 Å². The van der Waals surface area contributed by atoms with Crippen LogP contribution in [0, 0.1) is 5.92 Å². The van der Waals surface area contributed by atoms with Gasteiger partial charge in [-0.2, -0.15) is 0 Å². The van der Waals surface area contributed by atoms with Crippen LogP contribution in [0.25, 0.3) is 0 Å². The minimum atomic E-state index is 0. The first kappa shape index (κ1) is 22.5. The largest absolute Gasteiger partial charge is 0.377 e. The Labute approximate surface area is 158 Å². The second kappa shape index (κ2) is 13.7. The summed E-state index contributed by atoms with van der Waals surface area (Å²) in [5, 5.41) is 11.0. The molecule has 8 nitrogen and oxygen atoms in total. The second-order valence-electron chi connectivity index (χ2n) is 6.67. The zero-order valence-electron chi connectivity index (χ0n) is 16.6. The van der Waals surface area contributed by atoms with Crippen molar-refractivity contribution in [1.82, 2.24) is 20.3 Å². The van der Waals surface area contributed by atoms with Crippen molar-refractivity contribution in [1.29, 1.82) is 0 Å². The average Bonchev–Trinajstić information content (AvgIpc) is 3.07. The smallest absolute Gasteiger partial charge is 0.220 e. The standard InChI is InChI=1S/C18H34N4O4.H2/c1-5-16(4)22-13-17(20-21-22)14-26-11-10-25-9-8-24-7-6-19-18(23)12-15(2)3;/h13,15-16H,5-12,14H2,1-4H3,(H,19,23);1H. The number of aromatic nitrogens is 3. The molecule has 1 heterocycles. The van der Waals surface area contributed by atoms with Crippen molar-refractivity contribution < 1.29 is 20.4 Å². The van der Waals surface area contributed by atoms with E-state index in [9.17, 15) is 4.79 Å². The third kappa shape index (κ3) is 10.5. The maximum Gasteiger partial charge on any atom is 0.220 e. The van der Waals surface area contributed by atoms with E-state index >= 15 is 0 Å². The zero-order valence-corrected chi connectivity index (χ0v) is 16.6. The van der Waals surface area contributed by atoms with Crippen molar-refractivity contribution in [3.05, 3.63) is 11.9 Å². The number of hydrogen-bond acceptors (Lipinski definition) is 6. The molecule has 0 spiro atoms. The molecule has 152 valence electrons. The van der Waals surface area contributed by atoms with Gasteiger partial charge >= 0.3 is 0 Å². The lowest BCUT2D eigenvalue weighted by Gasteiger charge is -2.08. The summed E-state index contributed by atoms with van der Waals surface area (Å²) in [7, 11) is 0. The molecule has 1 unspecified atom stereocenters. The highest BCUT2D eigenvalue weighted by molar-refractivity contribution is 5.75. The highest BCUT2D eigenvalue weighted by Crippen LogP contribution is 2.08. The Kier molecular flexibility index (Phi) is 11.8. The summed E-state index contributed by atoms with van der Waals surface area (Å²) in [6.07, 6.45) is 3.49. The summed E-state index contributed by atoms with van der Waals surface area (Å²) < 4.78 is 18.2. The van der Waals surface area contributed by atoms with E-state index in [2.05, 4.69) is 29.5 Å². The third-order valence-corrected chi connectivity index (χ3v) is 3.76. The molecule has 1 aromatic rings. The highest BCUT2D eigenvalue weighted by Gasteiger charge is 2.06. The lowest BCUT2D eigenvalue weighted by atomic mass is 10.1. The van der Waals surface area contributed by atoms with Gasteiger partial charge in [0.25, 0.3) is 0 Å². The van der Waals surface area contributed by atoms with E-state index in [1.807, 2.05) is 24.7 Å². The van der Waals surface area contributed by atoms with E-state index in [0.29, 0.717) is 64.6 Å². The van der Waals surface area contributed by atoms with Crippen LogP contribution in [0.5, 0.6) is 0 Å². The van der Waals surface area contributed by atoms with Crippen molar-refractivity contribution in [2.24, 2.45) is 5.92 Å². The van der Waals surface area contributed by atoms with Crippen LogP contribution in [0.15, 0.2) is 6.20 Å². The molecule has 0 aliphatic rings. The minimum Gasteiger partial charge on any atom is -0.377 e. The van der Waals surface area contributed by atoms with Crippen molar-refractivity contribution in [3.8, 4) is 0 Å². The fraction of sp³-hybridized carbons (Fsp3) is 0.833. The van der Waals surface area contributed by atoms with Crippen LogP contribution in [0.2, 0.25) is 0 Å². The number of ether oxygens (including phenoxy) is 3. The molecular weight excluding hydrogens is 336 g/mol. The molecule has 0 fully saturated rings. The summed E-state index contributed by atoms with van der Waals surface area (Å²) in [5.74, 6) is 0.444. The Morgan fingerprint density at radius 2 is 1.81 bits per heavy atom. The number of carbonyl (C=O) groups excluding carboxylic acids is 1. The predicted octanol–water partition coefficient (Wildman–Crippen LogP) is 2.21. The Hall–Kier alpha value is -1.51. The first-order chi connectivity index (χ1) is 12.5. The molecule has 26 heavy (non-hydrogen) atoms. The fourth-order valence-electron chi connectivity index (χ4n) is 2.10. The van der Waals surface area contributed by atoms with Gasteiger partial charge in [0.15, 0.2) is 0 Å². The fourth-order valence-corrected chi connectivity index (χ4v) is 2.10. The molecular formula is C18H36N4O4. The lowest BCUT2D eigenvalue weighted by molar-refractivity contribution is -0.122. The number of nitrogens with zero attached hydrogens (tertiary/aromatic N) is 3. The Morgan fingerprint density at radius 1 is 1.15 bits per heavy atom. The van der Waals surface area contributed by atoms with Crippen LogP contribution in [-0.4, -0.2) is 60.5 Å². The lowest BCUT2D eigenvalue weighted by Crippen LogP contribution is -2.28. The van der Waals surface area contributed by atoms with Gasteiger partial charge in [0.1, 0.15) is 5.69 Å². The Morgan fingerprint density at radius 3 is 2.46 bits per heavy atom. The third-order valence-electron chi connectivity index (χ3n) is 3.76. The van der Waals surface area contributed by atoms with Gasteiger partial charge < -0.3 is 19.5 Å². The molecule has 1 aromatic heterocycles. The van der Waals surface area contributed by atoms with Gasteiger partial charge in [-0.25, -0.2) is 4.68 Å². The number of carbonyl (C=O) groups is 1. The van der Waals surface area contributed by atoms with Gasteiger partial charge in [0, 0.05) is 14.4 Å². The number of hydrogen-bond donors (Lipinski definition) is 1. The minimum absolute atomic E-state index is 0. The molecule has 0 saturated heterocycles. The molecule has 0 aromatic carbocycles. The van der Waals surface area contributed by atoms with Crippen LogP contribution in [-0.2, 0) is 25.6 Å². The summed E-state index contributed by atoms with van der Waals surface area (Å²) >= 11 is 0. The van der Waals surface area contributed by atoms with Crippen LogP contribution >= 0.6 is 0 Å². The molecule has 1 N–H and O–H groups in total. The van der Waals surface area contributed by atoms with Gasteiger partial charge in [-0.15, -0.1) is 5.10 Å². The molecule has 8 heteroatoms. The number of nitrogens with one attached hydrogen (secondary N) is 1. The molecule has 1 rings (SSSR count). The van der Waals surface area contributed by atoms with Crippen LogP contribution in [0.1, 0.15) is 53.7 Å². The van der Waals surface area contributed by atoms with Crippen LogP contribution in [0.3, 0.4) is 0 Å². The van der Waals surface area contributed by atoms with E-state index in [0.717, 1.165) is 12.1 Å². The SMILES string of the molecule is CCC(C)n1cc(COCCOCCOCCNC(=O)CC(C)C)nn1.[HH]. The zero-order chi connectivity index (χ0) is 19.2. The Balaban J connectivity index is 0.00000676. The van der Waals surface area contributed by atoms with Gasteiger partial charge in [0.05, 0.1) is 51.9 Å². The van der Waals surface area contributed by atoms with E-state index in [4.69, 9.17) is 14.2 Å². The number of amides is 1. The summed E-state index contributed by atoms with van der Waals surface area (Å²) in [4.78, 5) is 11.4. The molecule has 0 aliphatic heterocycles. The highest BCUT2D eigenvalue weighted by atomic mass is 16.5. The quantitative estimate of drug-likeness (QED) is 0.475. The number of rotatable bonds is 15. The van der Waals surface area contributed by atoms with Gasteiger partial charge in [0.2, 0.25) is 5.91 Å². The molecule has 0 radical (unpaired) electrons. The van der Waals surface area contributed by atoms with Gasteiger partial charge in [-0.3, -0.25) is 4.79 Å². The Bertz CT molecular complexity index is 499. The molecule has 1 atom stereocenters. The maximum absolute atomic E-state index is 11.4. The van der Waals surface area contributed by atoms with E-state index in [1.54, 1.807) is 0 Å². The van der Waals surface area contributed by atoms with Crippen molar-refractivity contribution >= 4 is 5.91 Å². The van der Waals surface area contributed by atoms with Gasteiger partial charge in [-0.1, -0.05) is 26.0 Å². The van der Waals surface area contributed by atoms with Crippen molar-refractivity contribution in [2.75, 3.05) is 39.6 Å². The monoisotopic (exact) mass is 372 g/mol. The van der Waals surface area contributed by atoms with Crippen LogP contribution in [0.4, 0.5) is 0 Å². The summed E-state index contributed by atoms with van der Waals surface area (Å²) in [6.45, 7) is 11.8. The first-order valence-corrected chi connectivity index (χ1v) is 9.43. The normalized spacial score (nSPS) is 12.5. The summed E-state index contributed by atoms with van der Waals surface area (Å²) in [5.41, 5.74) is 0.827. The molecule has 1 amide bonds. The predicted molar refractivity (Wildman–Crippen MR) is 101 cm³/mol. The van der Waals surface area contributed by atoms with Crippen molar-refractivity contribution in [3.63, 3.8) is 0 Å². The van der Waals surface area contributed by atoms with Crippen molar-refractivity contribution in [2.45, 2.75) is 53.2 Å². The molecule has 0 aliphatic carbocycles. The molecule has 0 bridgehead atoms. The van der Waals surface area contributed by atoms with E-state index in [1.165, 1.54) is 0 Å². The average molecular weight is 373 g/mol. The van der Waals surface area contributed by atoms with Crippen LogP contribution < -0.4 is 5.32 Å². The summed E-state index contributed by atoms with van der Waals surface area (Å²) in [6, 6.07) is 0.350. The van der Waals surface area contributed by atoms with E-state index in [-0.39, 0.29) is 7.33 Å². The maximum atomic E-state index is 11.4. The first-order valence-electron chi connectivity index (χ1n) is 9.43. The topological polar surface area (TPSA) is 87.5 Å². The van der Waals surface area contributed by atoms with Gasteiger partial charge in [-0.05, 0) is 19.3 Å². The molecule has 0 saturated carbocycles. The second-order valence-corrected chi connectivity index (χ2v) is 6.67.